The number of aryl methyl sites for hydroxylation is 2. The average molecular weight is 721 g/mol. The van der Waals surface area contributed by atoms with Crippen molar-refractivity contribution in [3.8, 4) is 23.3 Å². The molecule has 0 aliphatic carbocycles. The quantitative estimate of drug-likeness (QED) is 0.156. The molecule has 0 amide bonds. The minimum atomic E-state index is -1.19. The summed E-state index contributed by atoms with van der Waals surface area (Å²) in [6.07, 6.45) is -1.40. The van der Waals surface area contributed by atoms with Crippen molar-refractivity contribution in [3.63, 3.8) is 0 Å². The SMILES string of the molecule is CCOC(=O)CC1OB(O)c2cc(Oc3ccc(Cl)nn3)cc(C)c21.Cc1cc(Oc2ccc(Cl)nn2)cc2c1C(CC(=O)O)OB2O.[Li+].[OH-]. The Bertz CT molecular complexity index is 1810. The van der Waals surface area contributed by atoms with Crippen LogP contribution in [-0.4, -0.2) is 73.8 Å². The number of carbonyl (C=O) groups excluding carboxylic acids is 1. The van der Waals surface area contributed by atoms with Crippen molar-refractivity contribution < 1.29 is 72.6 Å². The number of rotatable bonds is 9. The van der Waals surface area contributed by atoms with Gasteiger partial charge in [-0.25, -0.2) is 0 Å². The first-order chi connectivity index (χ1) is 22.9. The zero-order chi connectivity index (χ0) is 34.5. The van der Waals surface area contributed by atoms with Gasteiger partial charge >= 0.3 is 45.0 Å². The van der Waals surface area contributed by atoms with E-state index in [0.717, 1.165) is 16.7 Å². The maximum atomic E-state index is 11.7. The van der Waals surface area contributed by atoms with Gasteiger partial charge in [-0.15, -0.1) is 20.4 Å². The number of carboxylic acid groups (broad SMARTS) is 1. The molecule has 20 heteroatoms. The molecule has 50 heavy (non-hydrogen) atoms. The van der Waals surface area contributed by atoms with Crippen molar-refractivity contribution in [1.29, 1.82) is 0 Å². The number of ether oxygens (including phenoxy) is 3. The molecular formula is C30H29B2Cl2LiN4O11. The van der Waals surface area contributed by atoms with E-state index in [2.05, 4.69) is 20.4 Å². The number of hydrogen-bond donors (Lipinski definition) is 3. The van der Waals surface area contributed by atoms with Gasteiger partial charge in [-0.3, -0.25) is 9.59 Å². The molecule has 0 radical (unpaired) electrons. The van der Waals surface area contributed by atoms with Gasteiger partial charge in [0, 0.05) is 12.1 Å². The van der Waals surface area contributed by atoms with E-state index in [-0.39, 0.29) is 65.2 Å². The second-order valence-corrected chi connectivity index (χ2v) is 11.4. The predicted molar refractivity (Wildman–Crippen MR) is 175 cm³/mol. The molecule has 2 aromatic carbocycles. The van der Waals surface area contributed by atoms with Crippen LogP contribution in [0.2, 0.25) is 10.3 Å². The first-order valence-corrected chi connectivity index (χ1v) is 15.3. The number of fused-ring (bicyclic) bond motifs is 2. The van der Waals surface area contributed by atoms with E-state index < -0.39 is 32.4 Å². The Kier molecular flexibility index (Phi) is 14.6. The van der Waals surface area contributed by atoms with Gasteiger partial charge in [0.05, 0.1) is 31.7 Å². The number of carboxylic acids is 1. The van der Waals surface area contributed by atoms with E-state index in [0.29, 0.717) is 34.6 Å². The monoisotopic (exact) mass is 720 g/mol. The molecule has 0 saturated heterocycles. The van der Waals surface area contributed by atoms with Crippen LogP contribution >= 0.6 is 23.2 Å². The molecular weight excluding hydrogens is 692 g/mol. The molecule has 2 aliphatic heterocycles. The summed E-state index contributed by atoms with van der Waals surface area (Å²) in [6, 6.07) is 13.1. The first kappa shape index (κ1) is 40.7. The Morgan fingerprint density at radius 2 is 1.22 bits per heavy atom. The number of aliphatic carboxylic acids is 1. The van der Waals surface area contributed by atoms with Gasteiger partial charge in [0.1, 0.15) is 11.5 Å². The fraction of sp³-hybridized carbons (Fsp3) is 0.267. The van der Waals surface area contributed by atoms with Crippen LogP contribution in [0.25, 0.3) is 0 Å². The summed E-state index contributed by atoms with van der Waals surface area (Å²) < 4.78 is 27.0. The van der Waals surface area contributed by atoms with E-state index in [1.807, 2.05) is 6.92 Å². The van der Waals surface area contributed by atoms with E-state index in [4.69, 9.17) is 51.8 Å². The molecule has 2 aliphatic rings. The molecule has 0 spiro atoms. The number of hydrogen-bond acceptors (Lipinski definition) is 14. The van der Waals surface area contributed by atoms with Crippen molar-refractivity contribution in [3.05, 3.63) is 81.1 Å². The third-order valence-electron chi connectivity index (χ3n) is 7.22. The number of carbonyl (C=O) groups is 2. The molecule has 4 aromatic rings. The zero-order valence-electron chi connectivity index (χ0n) is 27.2. The van der Waals surface area contributed by atoms with Crippen LogP contribution in [0, 0.1) is 13.8 Å². The Hall–Kier alpha value is -3.75. The molecule has 6 rings (SSSR count). The summed E-state index contributed by atoms with van der Waals surface area (Å²) in [5, 5.41) is 44.6. The van der Waals surface area contributed by atoms with Crippen LogP contribution in [0.4, 0.5) is 0 Å². The maximum absolute atomic E-state index is 11.7. The van der Waals surface area contributed by atoms with Gasteiger partial charge in [0.2, 0.25) is 11.8 Å². The minimum Gasteiger partial charge on any atom is -0.870 e. The summed E-state index contributed by atoms with van der Waals surface area (Å²) in [4.78, 5) is 22.6. The van der Waals surface area contributed by atoms with Crippen LogP contribution in [0.5, 0.6) is 23.3 Å². The Morgan fingerprint density at radius 3 is 1.60 bits per heavy atom. The second kappa shape index (κ2) is 18.0. The normalized spacial score (nSPS) is 15.4. The number of esters is 1. The fourth-order valence-corrected chi connectivity index (χ4v) is 5.57. The van der Waals surface area contributed by atoms with Crippen molar-refractivity contribution in [2.24, 2.45) is 0 Å². The average Bonchev–Trinajstić information content (AvgIpc) is 3.50. The number of benzene rings is 2. The molecule has 4 N–H and O–H groups in total. The molecule has 15 nitrogen and oxygen atoms in total. The first-order valence-electron chi connectivity index (χ1n) is 14.6. The van der Waals surface area contributed by atoms with E-state index >= 15 is 0 Å². The van der Waals surface area contributed by atoms with Crippen LogP contribution < -0.4 is 39.3 Å². The van der Waals surface area contributed by atoms with Crippen molar-refractivity contribution >= 4 is 60.3 Å². The standard InChI is InChI=1S/C16H16BClN2O5.C14H12BClN2O5.Li.H2O/c1-3-23-15(21)8-12-16-9(2)6-10(7-11(16)17(22)25-12)24-14-5-4-13(18)19-20-14;1-7-4-8(22-12-3-2-11(16)17-18-12)5-9-14(7)10(6-13(19)20)23-15(9)21;;/h4-7,12,22H,3,8H2,1-2H3;2-5,10,21H,6H2,1H3,(H,19,20);;1H2/q;;+1;/p-1. The Balaban J connectivity index is 0.000000261. The van der Waals surface area contributed by atoms with E-state index in [1.54, 1.807) is 62.4 Å². The van der Waals surface area contributed by atoms with Crippen LogP contribution in [0.3, 0.4) is 0 Å². The maximum Gasteiger partial charge on any atom is 1.00 e. The third kappa shape index (κ3) is 9.94. The van der Waals surface area contributed by atoms with Gasteiger partial charge in [-0.2, -0.15) is 0 Å². The Labute approximate surface area is 309 Å². The smallest absolute Gasteiger partial charge is 0.870 e. The van der Waals surface area contributed by atoms with E-state index in [9.17, 15) is 19.6 Å². The molecule has 4 heterocycles. The summed E-state index contributed by atoms with van der Waals surface area (Å²) >= 11 is 11.4. The molecule has 256 valence electrons. The van der Waals surface area contributed by atoms with Crippen LogP contribution in [0.15, 0.2) is 48.5 Å². The van der Waals surface area contributed by atoms with Crippen LogP contribution in [-0.2, 0) is 23.6 Å². The molecule has 2 atom stereocenters. The van der Waals surface area contributed by atoms with Crippen LogP contribution in [0.1, 0.15) is 54.2 Å². The molecule has 2 unspecified atom stereocenters. The van der Waals surface area contributed by atoms with Gasteiger partial charge in [0.25, 0.3) is 0 Å². The number of aromatic nitrogens is 4. The third-order valence-corrected chi connectivity index (χ3v) is 7.63. The zero-order valence-corrected chi connectivity index (χ0v) is 28.8. The van der Waals surface area contributed by atoms with Gasteiger partial charge in [-0.1, -0.05) is 23.2 Å². The molecule has 0 fully saturated rings. The minimum absolute atomic E-state index is 0. The van der Waals surface area contributed by atoms with Crippen molar-refractivity contribution in [2.45, 2.75) is 45.8 Å². The predicted octanol–water partition coefficient (Wildman–Crippen LogP) is 0.234. The molecule has 0 saturated carbocycles. The van der Waals surface area contributed by atoms with Gasteiger partial charge < -0.3 is 44.2 Å². The number of halogens is 2. The van der Waals surface area contributed by atoms with E-state index in [1.165, 1.54) is 0 Å². The molecule has 0 bridgehead atoms. The summed E-state index contributed by atoms with van der Waals surface area (Å²) in [7, 11) is -2.32. The van der Waals surface area contributed by atoms with Gasteiger partial charge in [0.15, 0.2) is 10.3 Å². The summed E-state index contributed by atoms with van der Waals surface area (Å²) in [6.45, 7) is 5.70. The summed E-state index contributed by atoms with van der Waals surface area (Å²) in [5.74, 6) is 0.0863. The summed E-state index contributed by atoms with van der Waals surface area (Å²) in [5.41, 5.74) is 4.10. The fourth-order valence-electron chi connectivity index (χ4n) is 5.37. The largest absolute Gasteiger partial charge is 1.00 e. The topological polar surface area (TPSA) is 223 Å². The van der Waals surface area contributed by atoms with Crippen molar-refractivity contribution in [1.82, 2.24) is 20.4 Å². The second-order valence-electron chi connectivity index (χ2n) is 10.6. The Morgan fingerprint density at radius 1 is 0.780 bits per heavy atom. The van der Waals surface area contributed by atoms with Crippen molar-refractivity contribution in [2.75, 3.05) is 6.61 Å². The van der Waals surface area contributed by atoms with Gasteiger partial charge in [-0.05, 0) is 90.3 Å². The molecule has 2 aromatic heterocycles. The number of nitrogens with zero attached hydrogens (tertiary/aromatic N) is 4.